The molecule has 0 heterocycles. The Kier molecular flexibility index (Phi) is 4.49. The van der Waals surface area contributed by atoms with Gasteiger partial charge >= 0.3 is 12.1 Å². The molecule has 0 saturated carbocycles. The van der Waals surface area contributed by atoms with E-state index in [1.54, 1.807) is 6.92 Å². The van der Waals surface area contributed by atoms with Crippen molar-refractivity contribution < 1.29 is 27.1 Å². The second-order valence-electron chi connectivity index (χ2n) is 4.52. The summed E-state index contributed by atoms with van der Waals surface area (Å²) in [5.74, 6) is -1.35. The summed E-state index contributed by atoms with van der Waals surface area (Å²) < 4.78 is 55.9. The van der Waals surface area contributed by atoms with Crippen LogP contribution in [-0.4, -0.2) is 12.6 Å². The van der Waals surface area contributed by atoms with Gasteiger partial charge in [-0.15, -0.1) is 0 Å². The van der Waals surface area contributed by atoms with Crippen LogP contribution in [0.1, 0.15) is 22.8 Å². The smallest absolute Gasteiger partial charge is 0.416 e. The van der Waals surface area contributed by atoms with Gasteiger partial charge in [-0.2, -0.15) is 13.2 Å². The summed E-state index contributed by atoms with van der Waals surface area (Å²) in [5, 5.41) is 0. The Morgan fingerprint density at radius 1 is 1.05 bits per heavy atom. The molecule has 0 aliphatic heterocycles. The van der Waals surface area contributed by atoms with Gasteiger partial charge in [-0.3, -0.25) is 0 Å². The summed E-state index contributed by atoms with van der Waals surface area (Å²) in [6.07, 6.45) is -4.43. The van der Waals surface area contributed by atoms with E-state index < -0.39 is 23.5 Å². The second-order valence-corrected chi connectivity index (χ2v) is 4.52. The molecule has 0 amide bonds. The van der Waals surface area contributed by atoms with E-state index >= 15 is 0 Å². The fourth-order valence-corrected chi connectivity index (χ4v) is 1.94. The van der Waals surface area contributed by atoms with Crippen molar-refractivity contribution >= 4 is 5.97 Å². The molecule has 2 nitrogen and oxygen atoms in total. The highest BCUT2D eigenvalue weighted by atomic mass is 19.4. The van der Waals surface area contributed by atoms with Gasteiger partial charge in [0.2, 0.25) is 0 Å². The molecule has 6 heteroatoms. The Balaban J connectivity index is 2.38. The molecule has 0 atom stereocenters. The molecule has 2 aromatic carbocycles. The van der Waals surface area contributed by atoms with Crippen molar-refractivity contribution in [3.05, 3.63) is 59.4 Å². The Morgan fingerprint density at radius 3 is 2.23 bits per heavy atom. The van der Waals surface area contributed by atoms with Crippen molar-refractivity contribution in [2.45, 2.75) is 13.1 Å². The van der Waals surface area contributed by atoms with E-state index in [0.717, 1.165) is 24.3 Å². The Labute approximate surface area is 124 Å². The molecule has 0 aliphatic rings. The minimum atomic E-state index is -4.43. The molecular weight excluding hydrogens is 300 g/mol. The highest BCUT2D eigenvalue weighted by Crippen LogP contribution is 2.31. The van der Waals surface area contributed by atoms with E-state index in [9.17, 15) is 22.4 Å². The predicted octanol–water partition coefficient (Wildman–Crippen LogP) is 4.69. The molecular formula is C16H12F4O2. The summed E-state index contributed by atoms with van der Waals surface area (Å²) in [6.45, 7) is 1.76. The maximum absolute atomic E-state index is 13.6. The minimum Gasteiger partial charge on any atom is -0.462 e. The van der Waals surface area contributed by atoms with Gasteiger partial charge in [-0.1, -0.05) is 12.1 Å². The Bertz CT molecular complexity index is 676. The molecule has 2 rings (SSSR count). The van der Waals surface area contributed by atoms with E-state index in [1.165, 1.54) is 18.2 Å². The average molecular weight is 312 g/mol. The lowest BCUT2D eigenvalue weighted by Gasteiger charge is -2.09. The number of esters is 1. The number of rotatable bonds is 3. The number of hydrogen-bond donors (Lipinski definition) is 0. The van der Waals surface area contributed by atoms with Crippen LogP contribution in [0.3, 0.4) is 0 Å². The largest absolute Gasteiger partial charge is 0.462 e. The molecule has 0 aromatic heterocycles. The molecule has 0 bridgehead atoms. The maximum Gasteiger partial charge on any atom is 0.416 e. The molecule has 0 fully saturated rings. The zero-order valence-electron chi connectivity index (χ0n) is 11.6. The van der Waals surface area contributed by atoms with Gasteiger partial charge in [-0.25, -0.2) is 9.18 Å². The molecule has 0 radical (unpaired) electrons. The van der Waals surface area contributed by atoms with Gasteiger partial charge < -0.3 is 4.74 Å². The first-order valence-electron chi connectivity index (χ1n) is 6.46. The van der Waals surface area contributed by atoms with Gasteiger partial charge in [0, 0.05) is 0 Å². The summed E-state index contributed by atoms with van der Waals surface area (Å²) in [7, 11) is 0. The normalized spacial score (nSPS) is 11.3. The number of hydrogen-bond acceptors (Lipinski definition) is 2. The molecule has 0 aliphatic carbocycles. The fraction of sp³-hybridized carbons (Fsp3) is 0.188. The third-order valence-electron chi connectivity index (χ3n) is 2.95. The van der Waals surface area contributed by atoms with Crippen molar-refractivity contribution in [1.82, 2.24) is 0 Å². The first-order valence-corrected chi connectivity index (χ1v) is 6.46. The molecule has 22 heavy (non-hydrogen) atoms. The number of alkyl halides is 3. The molecule has 116 valence electrons. The first kappa shape index (κ1) is 16.0. The lowest BCUT2D eigenvalue weighted by molar-refractivity contribution is -0.137. The third kappa shape index (κ3) is 3.63. The summed E-state index contributed by atoms with van der Waals surface area (Å²) in [5.41, 5.74) is -0.107. The van der Waals surface area contributed by atoms with Crippen molar-refractivity contribution in [3.63, 3.8) is 0 Å². The average Bonchev–Trinajstić information content (AvgIpc) is 2.46. The number of halogens is 4. The number of benzene rings is 2. The lowest BCUT2D eigenvalue weighted by atomic mass is 10.0. The standard InChI is InChI=1S/C16H12F4O2/c1-2-22-15(21)12-7-11(8-14(17)9-12)10-3-5-13(6-4-10)16(18,19)20/h3-9H,2H2,1H3. The van der Waals surface area contributed by atoms with Gasteiger partial charge in [0.25, 0.3) is 0 Å². The van der Waals surface area contributed by atoms with Crippen molar-refractivity contribution in [2.75, 3.05) is 6.61 Å². The number of ether oxygens (including phenoxy) is 1. The summed E-state index contributed by atoms with van der Waals surface area (Å²) in [4.78, 5) is 11.6. The van der Waals surface area contributed by atoms with Crippen molar-refractivity contribution in [3.8, 4) is 11.1 Å². The van der Waals surface area contributed by atoms with Gasteiger partial charge in [0.1, 0.15) is 5.82 Å². The summed E-state index contributed by atoms with van der Waals surface area (Å²) >= 11 is 0. The van der Waals surface area contributed by atoms with Crippen LogP contribution in [0, 0.1) is 5.82 Å². The number of carbonyl (C=O) groups excluding carboxylic acids is 1. The zero-order chi connectivity index (χ0) is 16.3. The van der Waals surface area contributed by atoms with E-state index in [0.29, 0.717) is 11.1 Å². The molecule has 0 unspecified atom stereocenters. The van der Waals surface area contributed by atoms with Gasteiger partial charge in [-0.05, 0) is 48.4 Å². The summed E-state index contributed by atoms with van der Waals surface area (Å²) in [6, 6.07) is 7.81. The molecule has 0 N–H and O–H groups in total. The van der Waals surface area contributed by atoms with Crippen LogP contribution in [0.4, 0.5) is 17.6 Å². The number of carbonyl (C=O) groups is 1. The fourth-order valence-electron chi connectivity index (χ4n) is 1.94. The highest BCUT2D eigenvalue weighted by molar-refractivity contribution is 5.91. The minimum absolute atomic E-state index is 0.0109. The predicted molar refractivity (Wildman–Crippen MR) is 72.8 cm³/mol. The van der Waals surface area contributed by atoms with E-state index in [4.69, 9.17) is 4.74 Å². The van der Waals surface area contributed by atoms with Gasteiger partial charge in [0.15, 0.2) is 0 Å². The first-order chi connectivity index (χ1) is 10.3. The highest BCUT2D eigenvalue weighted by Gasteiger charge is 2.30. The lowest BCUT2D eigenvalue weighted by Crippen LogP contribution is -2.05. The van der Waals surface area contributed by atoms with Crippen molar-refractivity contribution in [2.24, 2.45) is 0 Å². The van der Waals surface area contributed by atoms with Crippen LogP contribution in [0.15, 0.2) is 42.5 Å². The molecule has 0 spiro atoms. The SMILES string of the molecule is CCOC(=O)c1cc(F)cc(-c2ccc(C(F)(F)F)cc2)c1. The second kappa shape index (κ2) is 6.17. The van der Waals surface area contributed by atoms with Crippen LogP contribution in [0.2, 0.25) is 0 Å². The monoisotopic (exact) mass is 312 g/mol. The van der Waals surface area contributed by atoms with Crippen molar-refractivity contribution in [1.29, 1.82) is 0 Å². The van der Waals surface area contributed by atoms with E-state index in [1.807, 2.05) is 0 Å². The Hall–Kier alpha value is -2.37. The van der Waals surface area contributed by atoms with Crippen LogP contribution >= 0.6 is 0 Å². The molecule has 0 saturated heterocycles. The quantitative estimate of drug-likeness (QED) is 0.607. The van der Waals surface area contributed by atoms with Crippen LogP contribution in [0.5, 0.6) is 0 Å². The van der Waals surface area contributed by atoms with E-state index in [-0.39, 0.29) is 12.2 Å². The Morgan fingerprint density at radius 2 is 1.68 bits per heavy atom. The van der Waals surface area contributed by atoms with Crippen LogP contribution in [0.25, 0.3) is 11.1 Å². The van der Waals surface area contributed by atoms with Crippen LogP contribution < -0.4 is 0 Å². The topological polar surface area (TPSA) is 26.3 Å². The third-order valence-corrected chi connectivity index (χ3v) is 2.95. The molecule has 2 aromatic rings. The van der Waals surface area contributed by atoms with Crippen LogP contribution in [-0.2, 0) is 10.9 Å². The van der Waals surface area contributed by atoms with E-state index in [2.05, 4.69) is 0 Å². The van der Waals surface area contributed by atoms with Gasteiger partial charge in [0.05, 0.1) is 17.7 Å². The zero-order valence-corrected chi connectivity index (χ0v) is 11.6. The maximum atomic E-state index is 13.6.